The average molecular weight is 543 g/mol. The van der Waals surface area contributed by atoms with Crippen LogP contribution in [0.2, 0.25) is 0 Å². The molecule has 2 aliphatic heterocycles. The molecule has 0 bridgehead atoms. The van der Waals surface area contributed by atoms with Crippen molar-refractivity contribution in [1.82, 2.24) is 0 Å². The van der Waals surface area contributed by atoms with Gasteiger partial charge in [-0.3, -0.25) is 9.59 Å². The highest BCUT2D eigenvalue weighted by molar-refractivity contribution is 5.83. The third-order valence-corrected chi connectivity index (χ3v) is 11.0. The van der Waals surface area contributed by atoms with E-state index < -0.39 is 75.5 Å². The number of fused-ring (bicyclic) bond motifs is 3. The maximum absolute atomic E-state index is 12.8. The van der Waals surface area contributed by atoms with Crippen molar-refractivity contribution in [3.8, 4) is 0 Å². The molecule has 0 amide bonds. The Balaban J connectivity index is 1.62. The van der Waals surface area contributed by atoms with Crippen molar-refractivity contribution in [1.29, 1.82) is 0 Å². The number of cyclic esters (lactones) is 1. The van der Waals surface area contributed by atoms with Crippen molar-refractivity contribution < 1.29 is 42.9 Å². The van der Waals surface area contributed by atoms with Crippen LogP contribution in [0.4, 0.5) is 0 Å². The molecule has 0 aromatic carbocycles. The molecule has 4 fully saturated rings. The van der Waals surface area contributed by atoms with E-state index in [1.54, 1.807) is 32.4 Å². The summed E-state index contributed by atoms with van der Waals surface area (Å²) in [4.78, 5) is 38.1. The SMILES string of the molecule is CC(=O)O[C@H]1[C@@H](OC(C)=O)[C@]2(C)[C@H]([C@H](O)C[C@@]3(C)[C@H](c4ccoc4)C[C@H]4O[C@@]423)[C@@]2(C)C=CC(=O)OC(C)(C)[C@H]12. The molecule has 3 aliphatic carbocycles. The molecule has 39 heavy (non-hydrogen) atoms. The molecule has 0 radical (unpaired) electrons. The molecule has 6 rings (SSSR count). The molecule has 1 spiro atoms. The summed E-state index contributed by atoms with van der Waals surface area (Å²) in [7, 11) is 0. The number of hydrogen-bond acceptors (Lipinski definition) is 9. The van der Waals surface area contributed by atoms with E-state index in [1.807, 2.05) is 19.9 Å². The fraction of sp³-hybridized carbons (Fsp3) is 0.700. The van der Waals surface area contributed by atoms with Crippen LogP contribution < -0.4 is 0 Å². The van der Waals surface area contributed by atoms with Crippen LogP contribution in [-0.4, -0.2) is 58.6 Å². The topological polar surface area (TPSA) is 125 Å². The number of epoxide rings is 1. The molecule has 1 saturated heterocycles. The normalized spacial score (nSPS) is 48.9. The predicted molar refractivity (Wildman–Crippen MR) is 136 cm³/mol. The third kappa shape index (κ3) is 3.17. The summed E-state index contributed by atoms with van der Waals surface area (Å²) >= 11 is 0. The van der Waals surface area contributed by atoms with E-state index in [-0.39, 0.29) is 12.0 Å². The molecule has 11 atom stereocenters. The van der Waals surface area contributed by atoms with E-state index in [4.69, 9.17) is 23.4 Å². The number of furan rings is 1. The smallest absolute Gasteiger partial charge is 0.330 e. The fourth-order valence-electron chi connectivity index (χ4n) is 10.3. The fourth-order valence-corrected chi connectivity index (χ4v) is 10.3. The molecule has 9 heteroatoms. The van der Waals surface area contributed by atoms with Gasteiger partial charge in [-0.2, -0.15) is 0 Å². The zero-order valence-electron chi connectivity index (χ0n) is 23.6. The molecule has 1 aromatic rings. The van der Waals surface area contributed by atoms with Gasteiger partial charge in [0, 0.05) is 48.0 Å². The Hall–Kier alpha value is -2.65. The van der Waals surface area contributed by atoms with Gasteiger partial charge in [0.05, 0.1) is 24.7 Å². The minimum absolute atomic E-state index is 0.0455. The second-order valence-corrected chi connectivity index (χ2v) is 13.4. The van der Waals surface area contributed by atoms with Gasteiger partial charge >= 0.3 is 17.9 Å². The number of esters is 3. The van der Waals surface area contributed by atoms with Gasteiger partial charge in [-0.05, 0) is 44.2 Å². The molecule has 212 valence electrons. The summed E-state index contributed by atoms with van der Waals surface area (Å²) in [6.07, 6.45) is 4.85. The van der Waals surface area contributed by atoms with Crippen LogP contribution in [0.1, 0.15) is 72.8 Å². The lowest BCUT2D eigenvalue weighted by atomic mass is 9.37. The molecule has 3 saturated carbocycles. The highest BCUT2D eigenvalue weighted by Gasteiger charge is 2.89. The molecule has 0 unspecified atom stereocenters. The van der Waals surface area contributed by atoms with Crippen LogP contribution in [0.25, 0.3) is 0 Å². The first-order valence-corrected chi connectivity index (χ1v) is 13.8. The highest BCUT2D eigenvalue weighted by atomic mass is 16.6. The van der Waals surface area contributed by atoms with E-state index in [9.17, 15) is 19.5 Å². The lowest BCUT2D eigenvalue weighted by Gasteiger charge is -2.69. The molecular weight excluding hydrogens is 504 g/mol. The minimum atomic E-state index is -1.12. The number of aliphatic hydroxyl groups is 1. The maximum atomic E-state index is 12.8. The van der Waals surface area contributed by atoms with Crippen molar-refractivity contribution >= 4 is 17.9 Å². The first-order chi connectivity index (χ1) is 18.1. The number of carbonyl (C=O) groups excluding carboxylic acids is 3. The van der Waals surface area contributed by atoms with Crippen LogP contribution in [-0.2, 0) is 33.3 Å². The highest BCUT2D eigenvalue weighted by Crippen LogP contribution is 2.82. The Bertz CT molecular complexity index is 1250. The van der Waals surface area contributed by atoms with Crippen molar-refractivity contribution in [3.05, 3.63) is 36.3 Å². The molecular formula is C30H38O9. The van der Waals surface area contributed by atoms with Crippen LogP contribution in [0.15, 0.2) is 35.2 Å². The monoisotopic (exact) mass is 542 g/mol. The summed E-state index contributed by atoms with van der Waals surface area (Å²) in [5, 5.41) is 12.2. The standard InChI is InChI=1S/C30H38O9/c1-15(31)36-22-24-26(3,4)39-21(34)8-10-27(24,5)23-19(33)13-28(6)18(17-9-11-35-14-17)12-20-30(28,38-20)29(23,7)25(22)37-16(2)32/h8-11,14,18-20,22-25,33H,12-13H2,1-7H3/t18-,19+,20+,22+,23+,24-,25+,27+,28-,29-,30+/m0/s1. The van der Waals surface area contributed by atoms with Gasteiger partial charge in [0.25, 0.3) is 0 Å². The van der Waals surface area contributed by atoms with Gasteiger partial charge in [-0.25, -0.2) is 4.79 Å². The zero-order chi connectivity index (χ0) is 28.3. The first kappa shape index (κ1) is 26.6. The molecule has 9 nitrogen and oxygen atoms in total. The molecule has 1 aromatic heterocycles. The summed E-state index contributed by atoms with van der Waals surface area (Å²) in [6, 6.07) is 1.96. The molecule has 5 aliphatic rings. The minimum Gasteiger partial charge on any atom is -0.472 e. The largest absolute Gasteiger partial charge is 0.472 e. The van der Waals surface area contributed by atoms with E-state index in [2.05, 4.69) is 6.92 Å². The van der Waals surface area contributed by atoms with Gasteiger partial charge in [0.2, 0.25) is 0 Å². The van der Waals surface area contributed by atoms with Crippen molar-refractivity contribution in [2.24, 2.45) is 28.1 Å². The summed E-state index contributed by atoms with van der Waals surface area (Å²) in [6.45, 7) is 12.4. The van der Waals surface area contributed by atoms with Crippen molar-refractivity contribution in [3.63, 3.8) is 0 Å². The van der Waals surface area contributed by atoms with E-state index in [0.717, 1.165) is 12.0 Å². The quantitative estimate of drug-likeness (QED) is 0.346. The number of allylic oxidation sites excluding steroid dienone is 1. The number of hydrogen-bond donors (Lipinski definition) is 1. The van der Waals surface area contributed by atoms with Crippen LogP contribution in [0.5, 0.6) is 0 Å². The van der Waals surface area contributed by atoms with E-state index >= 15 is 0 Å². The van der Waals surface area contributed by atoms with Crippen LogP contribution in [0.3, 0.4) is 0 Å². The number of rotatable bonds is 3. The van der Waals surface area contributed by atoms with Gasteiger partial charge in [-0.15, -0.1) is 0 Å². The van der Waals surface area contributed by atoms with Gasteiger partial charge in [0.1, 0.15) is 23.4 Å². The van der Waals surface area contributed by atoms with Crippen molar-refractivity contribution in [2.75, 3.05) is 0 Å². The second kappa shape index (κ2) is 7.97. The summed E-state index contributed by atoms with van der Waals surface area (Å²) in [5.41, 5.74) is -3.28. The van der Waals surface area contributed by atoms with Crippen molar-refractivity contribution in [2.45, 2.75) is 103 Å². The predicted octanol–water partition coefficient (Wildman–Crippen LogP) is 3.69. The number of ether oxygens (including phenoxy) is 4. The Morgan fingerprint density at radius 3 is 2.36 bits per heavy atom. The van der Waals surface area contributed by atoms with Crippen LogP contribution in [0, 0.1) is 28.1 Å². The van der Waals surface area contributed by atoms with E-state index in [1.165, 1.54) is 19.9 Å². The number of aliphatic hydroxyl groups excluding tert-OH is 1. The molecule has 3 heterocycles. The molecule has 1 N–H and O–H groups in total. The zero-order valence-corrected chi connectivity index (χ0v) is 23.6. The van der Waals surface area contributed by atoms with Gasteiger partial charge in [-0.1, -0.05) is 26.8 Å². The second-order valence-electron chi connectivity index (χ2n) is 13.4. The Morgan fingerprint density at radius 2 is 1.74 bits per heavy atom. The lowest BCUT2D eigenvalue weighted by molar-refractivity contribution is -0.298. The van der Waals surface area contributed by atoms with E-state index in [0.29, 0.717) is 6.42 Å². The summed E-state index contributed by atoms with van der Waals surface area (Å²) in [5.74, 6) is -2.68. The average Bonchev–Trinajstić information content (AvgIpc) is 3.20. The van der Waals surface area contributed by atoms with Gasteiger partial charge < -0.3 is 28.5 Å². The first-order valence-electron chi connectivity index (χ1n) is 13.8. The van der Waals surface area contributed by atoms with Gasteiger partial charge in [0.15, 0.2) is 0 Å². The Kier molecular flexibility index (Phi) is 5.43. The Labute approximate surface area is 228 Å². The number of carbonyl (C=O) groups is 3. The maximum Gasteiger partial charge on any atom is 0.330 e. The lowest BCUT2D eigenvalue weighted by Crippen LogP contribution is -2.77. The summed E-state index contributed by atoms with van der Waals surface area (Å²) < 4.78 is 30.2. The van der Waals surface area contributed by atoms with Crippen LogP contribution >= 0.6 is 0 Å². The Morgan fingerprint density at radius 1 is 1.05 bits per heavy atom. The third-order valence-electron chi connectivity index (χ3n) is 11.0.